The quantitative estimate of drug-likeness (QED) is 0.339. The van der Waals surface area contributed by atoms with Gasteiger partial charge in [0.05, 0.1) is 17.0 Å². The van der Waals surface area contributed by atoms with Crippen molar-refractivity contribution < 1.29 is 9.18 Å². The van der Waals surface area contributed by atoms with Crippen LogP contribution in [0, 0.1) is 5.82 Å². The molecule has 11 heteroatoms. The summed E-state index contributed by atoms with van der Waals surface area (Å²) in [6.07, 6.45) is 0. The first-order chi connectivity index (χ1) is 14.9. The summed E-state index contributed by atoms with van der Waals surface area (Å²) in [4.78, 5) is 12.4. The van der Waals surface area contributed by atoms with Crippen molar-refractivity contribution in [2.24, 2.45) is 7.05 Å². The molecule has 0 saturated heterocycles. The lowest BCUT2D eigenvalue weighted by Crippen LogP contribution is -2.18. The van der Waals surface area contributed by atoms with Gasteiger partial charge in [0, 0.05) is 23.7 Å². The Hall–Kier alpha value is -3.37. The van der Waals surface area contributed by atoms with Crippen LogP contribution >= 0.6 is 23.4 Å². The molecule has 0 unspecified atom stereocenters. The van der Waals surface area contributed by atoms with E-state index in [1.165, 1.54) is 10.7 Å². The molecule has 0 radical (unpaired) electrons. The maximum atomic E-state index is 14.0. The molecule has 3 N–H and O–H groups in total. The third-order valence-corrected chi connectivity index (χ3v) is 5.59. The highest BCUT2D eigenvalue weighted by Crippen LogP contribution is 2.25. The van der Waals surface area contributed by atoms with E-state index in [4.69, 9.17) is 17.4 Å². The van der Waals surface area contributed by atoms with E-state index in [1.54, 1.807) is 48.1 Å². The summed E-state index contributed by atoms with van der Waals surface area (Å²) in [5.41, 5.74) is 1.82. The highest BCUT2D eigenvalue weighted by molar-refractivity contribution is 7.99. The van der Waals surface area contributed by atoms with E-state index in [-0.39, 0.29) is 23.0 Å². The van der Waals surface area contributed by atoms with E-state index in [0.717, 1.165) is 17.3 Å². The second-order valence-corrected chi connectivity index (χ2v) is 7.92. The van der Waals surface area contributed by atoms with Gasteiger partial charge in [-0.3, -0.25) is 9.48 Å². The van der Waals surface area contributed by atoms with Gasteiger partial charge in [-0.05, 0) is 24.3 Å². The standard InChI is InChI=1S/C20H17ClFN7OS/c1-28-17(10-16(27-28)12-6-8-13(21)9-7-12)24-18(30)11-31-20-26-25-19(29(20)23)14-4-2-3-5-15(14)22/h2-10H,11,23H2,1H3,(H,24,30). The summed E-state index contributed by atoms with van der Waals surface area (Å²) in [5.74, 6) is 6.02. The van der Waals surface area contributed by atoms with E-state index in [9.17, 15) is 9.18 Å². The van der Waals surface area contributed by atoms with Crippen molar-refractivity contribution in [2.75, 3.05) is 16.9 Å². The number of hydrogen-bond donors (Lipinski definition) is 2. The Morgan fingerprint density at radius 3 is 2.68 bits per heavy atom. The van der Waals surface area contributed by atoms with Gasteiger partial charge in [0.2, 0.25) is 11.1 Å². The van der Waals surface area contributed by atoms with Crippen molar-refractivity contribution in [3.63, 3.8) is 0 Å². The Bertz CT molecular complexity index is 1240. The predicted molar refractivity (Wildman–Crippen MR) is 119 cm³/mol. The Kier molecular flexibility index (Phi) is 5.92. The van der Waals surface area contributed by atoms with Gasteiger partial charge >= 0.3 is 0 Å². The minimum Gasteiger partial charge on any atom is -0.335 e. The molecule has 31 heavy (non-hydrogen) atoms. The highest BCUT2D eigenvalue weighted by Gasteiger charge is 2.17. The number of anilines is 1. The zero-order valence-electron chi connectivity index (χ0n) is 16.3. The monoisotopic (exact) mass is 457 g/mol. The number of benzene rings is 2. The summed E-state index contributed by atoms with van der Waals surface area (Å²) in [6.45, 7) is 0. The summed E-state index contributed by atoms with van der Waals surface area (Å²) in [6, 6.07) is 15.2. The summed E-state index contributed by atoms with van der Waals surface area (Å²) in [5, 5.41) is 16.0. The second kappa shape index (κ2) is 8.78. The van der Waals surface area contributed by atoms with Gasteiger partial charge in [-0.15, -0.1) is 10.2 Å². The van der Waals surface area contributed by atoms with Crippen LogP contribution < -0.4 is 11.2 Å². The number of nitrogens with one attached hydrogen (secondary N) is 1. The molecular formula is C20H17ClFN7OS. The van der Waals surface area contributed by atoms with Gasteiger partial charge in [0.1, 0.15) is 11.6 Å². The number of aromatic nitrogens is 5. The van der Waals surface area contributed by atoms with Crippen LogP contribution in [0.5, 0.6) is 0 Å². The van der Waals surface area contributed by atoms with Crippen molar-refractivity contribution in [2.45, 2.75) is 5.16 Å². The number of rotatable bonds is 6. The number of nitrogens with zero attached hydrogens (tertiary/aromatic N) is 5. The molecule has 0 aliphatic carbocycles. The van der Waals surface area contributed by atoms with E-state index < -0.39 is 5.82 Å². The molecular weight excluding hydrogens is 441 g/mol. The molecule has 0 aliphatic heterocycles. The molecule has 2 aromatic heterocycles. The van der Waals surface area contributed by atoms with Crippen molar-refractivity contribution in [3.05, 3.63) is 65.4 Å². The summed E-state index contributed by atoms with van der Waals surface area (Å²) >= 11 is 7.01. The Morgan fingerprint density at radius 1 is 1.19 bits per heavy atom. The first-order valence-corrected chi connectivity index (χ1v) is 10.5. The average molecular weight is 458 g/mol. The molecule has 2 heterocycles. The summed E-state index contributed by atoms with van der Waals surface area (Å²) in [7, 11) is 1.74. The van der Waals surface area contributed by atoms with Crippen LogP contribution in [0.15, 0.2) is 59.8 Å². The molecule has 1 amide bonds. The zero-order valence-corrected chi connectivity index (χ0v) is 17.9. The predicted octanol–water partition coefficient (Wildman–Crippen LogP) is 3.58. The van der Waals surface area contributed by atoms with Crippen LogP contribution in [0.2, 0.25) is 5.02 Å². The Labute approximate surface area is 186 Å². The molecule has 4 rings (SSSR count). The lowest BCUT2D eigenvalue weighted by molar-refractivity contribution is -0.113. The lowest BCUT2D eigenvalue weighted by atomic mass is 10.1. The van der Waals surface area contributed by atoms with Crippen LogP contribution in [0.3, 0.4) is 0 Å². The Morgan fingerprint density at radius 2 is 1.94 bits per heavy atom. The number of thioether (sulfide) groups is 1. The van der Waals surface area contributed by atoms with E-state index in [0.29, 0.717) is 21.7 Å². The number of nitrogen functional groups attached to an aromatic ring is 1. The topological polar surface area (TPSA) is 104 Å². The first-order valence-electron chi connectivity index (χ1n) is 9.10. The fourth-order valence-corrected chi connectivity index (χ4v) is 3.64. The largest absolute Gasteiger partial charge is 0.335 e. The highest BCUT2D eigenvalue weighted by atomic mass is 35.5. The van der Waals surface area contributed by atoms with Crippen molar-refractivity contribution >= 4 is 35.1 Å². The lowest BCUT2D eigenvalue weighted by Gasteiger charge is -2.06. The van der Waals surface area contributed by atoms with Gasteiger partial charge in [0.25, 0.3) is 0 Å². The summed E-state index contributed by atoms with van der Waals surface area (Å²) < 4.78 is 16.7. The van der Waals surface area contributed by atoms with E-state index >= 15 is 0 Å². The number of nitrogens with two attached hydrogens (primary N) is 1. The molecule has 8 nitrogen and oxygen atoms in total. The number of amides is 1. The van der Waals surface area contributed by atoms with E-state index in [1.807, 2.05) is 12.1 Å². The second-order valence-electron chi connectivity index (χ2n) is 6.54. The van der Waals surface area contributed by atoms with Gasteiger partial charge in [-0.25, -0.2) is 9.07 Å². The molecule has 0 saturated carbocycles. The minimum atomic E-state index is -0.455. The minimum absolute atomic E-state index is 0.0358. The SMILES string of the molecule is Cn1nc(-c2ccc(Cl)cc2)cc1NC(=O)CSc1nnc(-c2ccccc2F)n1N. The molecule has 4 aromatic rings. The zero-order chi connectivity index (χ0) is 22.0. The fraction of sp³-hybridized carbons (Fsp3) is 0.100. The Balaban J connectivity index is 1.41. The third kappa shape index (κ3) is 4.54. The number of hydrogen-bond acceptors (Lipinski definition) is 6. The number of carbonyl (C=O) groups is 1. The molecule has 0 spiro atoms. The fourth-order valence-electron chi connectivity index (χ4n) is 2.86. The smallest absolute Gasteiger partial charge is 0.235 e. The average Bonchev–Trinajstić information content (AvgIpc) is 3.30. The third-order valence-electron chi connectivity index (χ3n) is 4.40. The molecule has 0 aliphatic rings. The van der Waals surface area contributed by atoms with E-state index in [2.05, 4.69) is 20.6 Å². The van der Waals surface area contributed by atoms with Crippen LogP contribution in [0.25, 0.3) is 22.6 Å². The number of halogens is 2. The van der Waals surface area contributed by atoms with Gasteiger partial charge < -0.3 is 11.2 Å². The maximum absolute atomic E-state index is 14.0. The van der Waals surface area contributed by atoms with Crippen molar-refractivity contribution in [3.8, 4) is 22.6 Å². The van der Waals surface area contributed by atoms with Crippen molar-refractivity contribution in [1.82, 2.24) is 24.7 Å². The van der Waals surface area contributed by atoms with Crippen LogP contribution in [0.4, 0.5) is 10.2 Å². The normalized spacial score (nSPS) is 10.9. The van der Waals surface area contributed by atoms with Crippen LogP contribution in [-0.2, 0) is 11.8 Å². The maximum Gasteiger partial charge on any atom is 0.235 e. The number of carbonyl (C=O) groups excluding carboxylic acids is 1. The van der Waals surface area contributed by atoms with Crippen LogP contribution in [-0.4, -0.2) is 36.3 Å². The molecule has 2 aromatic carbocycles. The molecule has 158 valence electrons. The number of aryl methyl sites for hydroxylation is 1. The molecule has 0 fully saturated rings. The van der Waals surface area contributed by atoms with Gasteiger partial charge in [-0.2, -0.15) is 5.10 Å². The first kappa shape index (κ1) is 20.9. The van der Waals surface area contributed by atoms with Gasteiger partial charge in [-0.1, -0.05) is 47.6 Å². The van der Waals surface area contributed by atoms with Crippen LogP contribution in [0.1, 0.15) is 0 Å². The van der Waals surface area contributed by atoms with Crippen molar-refractivity contribution in [1.29, 1.82) is 0 Å². The molecule has 0 atom stereocenters. The molecule has 0 bridgehead atoms. The van der Waals surface area contributed by atoms with Gasteiger partial charge in [0.15, 0.2) is 5.82 Å².